The Morgan fingerprint density at radius 2 is 1.88 bits per heavy atom. The Hall–Kier alpha value is -2.70. The molecule has 1 aliphatic heterocycles. The van der Waals surface area contributed by atoms with Crippen molar-refractivity contribution in [3.63, 3.8) is 0 Å². The first kappa shape index (κ1) is 16.2. The van der Waals surface area contributed by atoms with Gasteiger partial charge in [-0.3, -0.25) is 9.59 Å². The van der Waals surface area contributed by atoms with Gasteiger partial charge in [-0.1, -0.05) is 5.16 Å². The molecule has 24 heavy (non-hydrogen) atoms. The molecule has 0 radical (unpaired) electrons. The third kappa shape index (κ3) is 3.15. The van der Waals surface area contributed by atoms with Gasteiger partial charge in [-0.05, 0) is 32.0 Å². The van der Waals surface area contributed by atoms with E-state index >= 15 is 0 Å². The number of hydrogen-bond acceptors (Lipinski definition) is 5. The maximum atomic E-state index is 14.2. The SMILES string of the molecule is CC(=O)c1ccc(N2CCN(C(=O)c3cc(C)no3)CC2)c(F)c1. The number of aryl methyl sites for hydroxylation is 1. The van der Waals surface area contributed by atoms with E-state index in [2.05, 4.69) is 5.16 Å². The molecule has 126 valence electrons. The topological polar surface area (TPSA) is 66.7 Å². The van der Waals surface area contributed by atoms with Gasteiger partial charge in [0.2, 0.25) is 5.76 Å². The van der Waals surface area contributed by atoms with Crippen LogP contribution in [0.5, 0.6) is 0 Å². The van der Waals surface area contributed by atoms with Crippen molar-refractivity contribution in [2.24, 2.45) is 0 Å². The van der Waals surface area contributed by atoms with Gasteiger partial charge in [-0.2, -0.15) is 0 Å². The Balaban J connectivity index is 1.67. The molecule has 0 atom stereocenters. The summed E-state index contributed by atoms with van der Waals surface area (Å²) in [6.07, 6.45) is 0. The summed E-state index contributed by atoms with van der Waals surface area (Å²) in [5, 5.41) is 3.72. The van der Waals surface area contributed by atoms with Crippen molar-refractivity contribution in [3.8, 4) is 0 Å². The van der Waals surface area contributed by atoms with Gasteiger partial charge >= 0.3 is 0 Å². The fourth-order valence-electron chi connectivity index (χ4n) is 2.75. The minimum Gasteiger partial charge on any atom is -0.366 e. The largest absolute Gasteiger partial charge is 0.366 e. The van der Waals surface area contributed by atoms with Crippen LogP contribution in [0.4, 0.5) is 10.1 Å². The summed E-state index contributed by atoms with van der Waals surface area (Å²) in [4.78, 5) is 27.1. The molecule has 3 rings (SSSR count). The van der Waals surface area contributed by atoms with Gasteiger partial charge in [0.25, 0.3) is 5.91 Å². The van der Waals surface area contributed by atoms with Crippen molar-refractivity contribution in [1.82, 2.24) is 10.1 Å². The Morgan fingerprint density at radius 3 is 2.42 bits per heavy atom. The number of rotatable bonds is 3. The van der Waals surface area contributed by atoms with E-state index in [-0.39, 0.29) is 17.5 Å². The minimum atomic E-state index is -0.423. The molecule has 1 aromatic carbocycles. The van der Waals surface area contributed by atoms with Crippen LogP contribution < -0.4 is 4.90 Å². The van der Waals surface area contributed by atoms with Crippen molar-refractivity contribution in [3.05, 3.63) is 47.1 Å². The van der Waals surface area contributed by atoms with Crippen molar-refractivity contribution in [1.29, 1.82) is 0 Å². The second-order valence-electron chi connectivity index (χ2n) is 5.83. The summed E-state index contributed by atoms with van der Waals surface area (Å²) in [5.41, 5.74) is 1.46. The fraction of sp³-hybridized carbons (Fsp3) is 0.353. The number of benzene rings is 1. The van der Waals surface area contributed by atoms with Crippen LogP contribution in [0.25, 0.3) is 0 Å². The van der Waals surface area contributed by atoms with Crippen LogP contribution in [0, 0.1) is 12.7 Å². The summed E-state index contributed by atoms with van der Waals surface area (Å²) in [7, 11) is 0. The molecule has 1 fully saturated rings. The van der Waals surface area contributed by atoms with Gasteiger partial charge in [0, 0.05) is 37.8 Å². The van der Waals surface area contributed by atoms with Gasteiger partial charge in [-0.25, -0.2) is 4.39 Å². The number of aromatic nitrogens is 1. The highest BCUT2D eigenvalue weighted by Crippen LogP contribution is 2.22. The molecule has 0 bridgehead atoms. The quantitative estimate of drug-likeness (QED) is 0.807. The molecule has 2 aromatic rings. The highest BCUT2D eigenvalue weighted by atomic mass is 19.1. The number of halogens is 1. The highest BCUT2D eigenvalue weighted by Gasteiger charge is 2.26. The molecular formula is C17H18FN3O3. The maximum Gasteiger partial charge on any atom is 0.292 e. The van der Waals surface area contributed by atoms with Crippen LogP contribution >= 0.6 is 0 Å². The zero-order chi connectivity index (χ0) is 17.3. The first-order chi connectivity index (χ1) is 11.5. The van der Waals surface area contributed by atoms with Gasteiger partial charge in [0.1, 0.15) is 5.82 Å². The number of carbonyl (C=O) groups is 2. The van der Waals surface area contributed by atoms with Crippen LogP contribution in [0.2, 0.25) is 0 Å². The van der Waals surface area contributed by atoms with Crippen LogP contribution in [0.15, 0.2) is 28.8 Å². The van der Waals surface area contributed by atoms with E-state index in [4.69, 9.17) is 4.52 Å². The summed E-state index contributed by atoms with van der Waals surface area (Å²) in [6.45, 7) is 5.11. The molecule has 2 heterocycles. The molecule has 1 saturated heterocycles. The number of nitrogens with zero attached hydrogens (tertiary/aromatic N) is 3. The monoisotopic (exact) mass is 331 g/mol. The van der Waals surface area contributed by atoms with E-state index in [0.717, 1.165) is 0 Å². The van der Waals surface area contributed by atoms with E-state index in [9.17, 15) is 14.0 Å². The number of amides is 1. The Bertz CT molecular complexity index is 779. The van der Waals surface area contributed by atoms with Gasteiger partial charge in [0.15, 0.2) is 5.78 Å². The molecule has 0 unspecified atom stereocenters. The summed E-state index contributed by atoms with van der Waals surface area (Å²) < 4.78 is 19.2. The highest BCUT2D eigenvalue weighted by molar-refractivity contribution is 5.94. The molecule has 0 spiro atoms. The lowest BCUT2D eigenvalue weighted by Gasteiger charge is -2.35. The van der Waals surface area contributed by atoms with Crippen LogP contribution in [-0.4, -0.2) is 47.9 Å². The molecule has 1 aliphatic rings. The Morgan fingerprint density at radius 1 is 1.17 bits per heavy atom. The molecule has 0 N–H and O–H groups in total. The standard InChI is InChI=1S/C17H18FN3O3/c1-11-9-16(24-19-11)17(23)21-7-5-20(6-8-21)15-4-3-13(12(2)22)10-14(15)18/h3-4,9-10H,5-8H2,1-2H3. The predicted molar refractivity (Wildman–Crippen MR) is 85.8 cm³/mol. The zero-order valence-corrected chi connectivity index (χ0v) is 13.6. The number of piperazine rings is 1. The molecule has 6 nitrogen and oxygen atoms in total. The smallest absolute Gasteiger partial charge is 0.292 e. The summed E-state index contributed by atoms with van der Waals surface area (Å²) in [6, 6.07) is 6.10. The summed E-state index contributed by atoms with van der Waals surface area (Å²) >= 11 is 0. The normalized spacial score (nSPS) is 14.8. The van der Waals surface area contributed by atoms with Crippen molar-refractivity contribution in [2.75, 3.05) is 31.1 Å². The second-order valence-corrected chi connectivity index (χ2v) is 5.83. The van der Waals surface area contributed by atoms with E-state index in [1.807, 2.05) is 4.90 Å². The predicted octanol–water partition coefficient (Wildman–Crippen LogP) is 2.29. The number of Topliss-reactive ketones (excluding diaryl/α,β-unsaturated/α-hetero) is 1. The lowest BCUT2D eigenvalue weighted by atomic mass is 10.1. The van der Waals surface area contributed by atoms with E-state index in [1.165, 1.54) is 13.0 Å². The lowest BCUT2D eigenvalue weighted by molar-refractivity contribution is 0.0704. The molecule has 1 amide bonds. The molecular weight excluding hydrogens is 313 g/mol. The molecule has 0 saturated carbocycles. The maximum absolute atomic E-state index is 14.2. The Labute approximate surface area is 138 Å². The molecule has 1 aromatic heterocycles. The Kier molecular flexibility index (Phi) is 4.33. The molecule has 0 aliphatic carbocycles. The first-order valence-corrected chi connectivity index (χ1v) is 7.74. The number of carbonyl (C=O) groups excluding carboxylic acids is 2. The van der Waals surface area contributed by atoms with Crippen LogP contribution in [-0.2, 0) is 0 Å². The van der Waals surface area contributed by atoms with E-state index < -0.39 is 5.82 Å². The van der Waals surface area contributed by atoms with E-state index in [0.29, 0.717) is 43.1 Å². The van der Waals surface area contributed by atoms with Crippen LogP contribution in [0.3, 0.4) is 0 Å². The van der Waals surface area contributed by atoms with Gasteiger partial charge in [0.05, 0.1) is 11.4 Å². The average Bonchev–Trinajstić information content (AvgIpc) is 3.00. The van der Waals surface area contributed by atoms with Crippen molar-refractivity contribution in [2.45, 2.75) is 13.8 Å². The number of anilines is 1. The van der Waals surface area contributed by atoms with Crippen molar-refractivity contribution < 1.29 is 18.5 Å². The third-order valence-corrected chi connectivity index (χ3v) is 4.10. The molecule has 7 heteroatoms. The lowest BCUT2D eigenvalue weighted by Crippen LogP contribution is -2.49. The summed E-state index contributed by atoms with van der Waals surface area (Å²) in [5.74, 6) is -0.577. The second kappa shape index (κ2) is 6.43. The van der Waals surface area contributed by atoms with Gasteiger partial charge < -0.3 is 14.3 Å². The first-order valence-electron chi connectivity index (χ1n) is 7.74. The van der Waals surface area contributed by atoms with Crippen LogP contribution in [0.1, 0.15) is 33.5 Å². The van der Waals surface area contributed by atoms with Crippen molar-refractivity contribution >= 4 is 17.4 Å². The number of ketones is 1. The zero-order valence-electron chi connectivity index (χ0n) is 13.6. The average molecular weight is 331 g/mol. The van der Waals surface area contributed by atoms with E-state index in [1.54, 1.807) is 30.0 Å². The van der Waals surface area contributed by atoms with Gasteiger partial charge in [-0.15, -0.1) is 0 Å². The number of hydrogen-bond donors (Lipinski definition) is 0. The minimum absolute atomic E-state index is 0.168. The fourth-order valence-corrected chi connectivity index (χ4v) is 2.75. The third-order valence-electron chi connectivity index (χ3n) is 4.10.